The normalized spacial score (nSPS) is 16.6. The molecule has 0 radical (unpaired) electrons. The van der Waals surface area contributed by atoms with Crippen LogP contribution in [0.3, 0.4) is 0 Å². The number of carbonyl (C=O) groups excluding carboxylic acids is 9. The molecule has 117 heavy (non-hydrogen) atoms. The van der Waals surface area contributed by atoms with E-state index in [4.69, 9.17) is 24.2 Å². The minimum Gasteiger partial charge on any atom is -0.495 e. The van der Waals surface area contributed by atoms with Crippen LogP contribution in [0.5, 0.6) is 5.75 Å². The number of imide groups is 2. The average molecular weight is 1620 g/mol. The van der Waals surface area contributed by atoms with Crippen LogP contribution in [0.2, 0.25) is 0 Å². The zero-order valence-electron chi connectivity index (χ0n) is 65.1. The molecule has 2 atom stereocenters. The molecule has 3 aromatic heterocycles. The van der Waals surface area contributed by atoms with Gasteiger partial charge in [0.2, 0.25) is 41.4 Å². The number of methoxy groups -OCH3 is 1. The van der Waals surface area contributed by atoms with Crippen LogP contribution in [0.15, 0.2) is 201 Å². The highest BCUT2D eigenvalue weighted by Crippen LogP contribution is 2.46. The molecule has 3 saturated heterocycles. The summed E-state index contributed by atoms with van der Waals surface area (Å²) in [6, 6.07) is 49.0. The van der Waals surface area contributed by atoms with E-state index in [9.17, 15) is 47.9 Å². The third-order valence-electron chi connectivity index (χ3n) is 21.4. The Hall–Kier alpha value is -12.0. The van der Waals surface area contributed by atoms with E-state index < -0.39 is 78.7 Å². The van der Waals surface area contributed by atoms with Crippen molar-refractivity contribution in [2.75, 3.05) is 95.7 Å². The van der Waals surface area contributed by atoms with Gasteiger partial charge in [0.1, 0.15) is 24.0 Å². The molecule has 8 N–H and O–H groups in total. The number of urea groups is 1. The Kier molecular flexibility index (Phi) is 26.0. The van der Waals surface area contributed by atoms with Crippen LogP contribution in [-0.2, 0) is 66.9 Å². The number of amides is 10. The lowest BCUT2D eigenvalue weighted by molar-refractivity contribution is -0.137. The van der Waals surface area contributed by atoms with Gasteiger partial charge in [0.15, 0.2) is 5.60 Å². The summed E-state index contributed by atoms with van der Waals surface area (Å²) in [5.74, 6) is 2.81. The Morgan fingerprint density at radius 2 is 1.34 bits per heavy atom. The van der Waals surface area contributed by atoms with E-state index in [1.807, 2.05) is 134 Å². The lowest BCUT2D eigenvalue weighted by Crippen LogP contribution is -2.55. The van der Waals surface area contributed by atoms with E-state index in [-0.39, 0.29) is 78.6 Å². The smallest absolute Gasteiger partial charge is 0.328 e. The first-order valence-corrected chi connectivity index (χ1v) is 40.7. The molecule has 7 heterocycles. The number of hydrogen-bond acceptors (Lipinski definition) is 20. The van der Waals surface area contributed by atoms with Crippen molar-refractivity contribution >= 4 is 110 Å². The Morgan fingerprint density at radius 1 is 0.692 bits per heavy atom. The molecular weight excluding hydrogens is 1530 g/mol. The molecule has 604 valence electrons. The summed E-state index contributed by atoms with van der Waals surface area (Å²) >= 11 is 2.34. The quantitative estimate of drug-likeness (QED) is 0.00873. The molecule has 1 saturated carbocycles. The Labute approximate surface area is 684 Å². The fourth-order valence-corrected chi connectivity index (χ4v) is 16.9. The number of aryl methyl sites for hydroxylation is 1. The number of hydrogen-bond donors (Lipinski definition) is 8. The van der Waals surface area contributed by atoms with Crippen molar-refractivity contribution in [1.82, 2.24) is 66.5 Å². The van der Waals surface area contributed by atoms with Crippen LogP contribution in [0, 0.1) is 11.8 Å². The minimum atomic E-state index is -1.40. The lowest BCUT2D eigenvalue weighted by atomic mass is 9.87. The molecule has 0 bridgehead atoms. The number of fused-ring (bicyclic) bond motifs is 2. The topological polar surface area (TPSA) is 342 Å². The van der Waals surface area contributed by atoms with Gasteiger partial charge in [0.25, 0.3) is 17.4 Å². The van der Waals surface area contributed by atoms with Gasteiger partial charge in [0, 0.05) is 121 Å². The SMILES string of the molecule is COc1ccc(C#CCNC2(C)CCN(C3CCN(c4nc([C@@](COCNC(=O)CNC(=O)[C@H](Cc5ccccc5)NC(=O)CNC(=O)CNC(=O)CCN5C(=O)C(Sc6ccccc6)=C(Sc6ccccc6)C5=O)(OC5CC5)c5ccccc5)c5cc(-c6cn(C)c(=O)c7[nH]ccc67)ccc5n4)CC3)CC2)cc1N1CCC(=O)NC1=O. The number of ether oxygens (including phenoxy) is 3. The predicted octanol–water partition coefficient (Wildman–Crippen LogP) is 7.54. The maximum absolute atomic E-state index is 14.1. The molecule has 30 heteroatoms. The first kappa shape index (κ1) is 81.6. The van der Waals surface area contributed by atoms with Crippen molar-refractivity contribution in [3.05, 3.63) is 219 Å². The number of carbonyl (C=O) groups is 9. The summed E-state index contributed by atoms with van der Waals surface area (Å²) in [6.45, 7) is 3.82. The number of aromatic nitrogens is 4. The molecule has 4 fully saturated rings. The van der Waals surface area contributed by atoms with Crippen molar-refractivity contribution < 1.29 is 57.4 Å². The number of pyridine rings is 1. The van der Waals surface area contributed by atoms with Gasteiger partial charge in [-0.1, -0.05) is 138 Å². The van der Waals surface area contributed by atoms with E-state index in [0.717, 1.165) is 93.9 Å². The van der Waals surface area contributed by atoms with Crippen LogP contribution < -0.4 is 57.3 Å². The molecule has 5 aliphatic rings. The number of rotatable bonds is 32. The fourth-order valence-electron chi connectivity index (χ4n) is 14.9. The maximum atomic E-state index is 14.1. The second-order valence-corrected chi connectivity index (χ2v) is 31.8. The average Bonchev–Trinajstić information content (AvgIpc) is 1.44. The van der Waals surface area contributed by atoms with Gasteiger partial charge >= 0.3 is 6.03 Å². The standard InChI is InChI=1S/C87H91N15O13S2/c1-86(93-39-16-19-57-26-31-70(113-3)69(48-57)101-43-36-72(104)96-85(101)112)37-45-99(46-38-86)60-33-41-100(42-34-60)84-95-67-30-27-58(66-53-98(2)81(109)76-64(66)32-40-88-76)49-65(67)79(97-84)87(115-61-28-29-61,59-20-10-5-11-21-59)54-114-55-92-74(106)51-91-80(108)68(47-56-17-8-4-9-18-56)94-75(107)52-90-73(105)50-89-71(103)35-44-102-82(110)77(116-62-22-12-6-13-23-62)78(83(102)111)117-63-24-14-7-15-25-63/h4-15,17-18,20-27,30-32,40,48-49,53,60-61,68,88,93H,28-29,33-39,41-47,50-52,54-55H2,1-3H3,(H,89,103)(H,90,105)(H,91,108)(H,92,106)(H,94,107)(H,96,104,112)/t68-,87-/m0/s1. The molecule has 9 aromatic rings. The van der Waals surface area contributed by atoms with E-state index in [1.54, 1.807) is 61.3 Å². The first-order chi connectivity index (χ1) is 56.8. The molecule has 10 amide bonds. The Morgan fingerprint density at radius 3 is 2.02 bits per heavy atom. The van der Waals surface area contributed by atoms with Gasteiger partial charge in [0.05, 0.1) is 72.7 Å². The van der Waals surface area contributed by atoms with E-state index >= 15 is 0 Å². The van der Waals surface area contributed by atoms with Crippen molar-refractivity contribution in [3.8, 4) is 28.7 Å². The van der Waals surface area contributed by atoms with Gasteiger partial charge in [-0.3, -0.25) is 58.3 Å². The van der Waals surface area contributed by atoms with Crippen LogP contribution in [-0.4, -0.2) is 192 Å². The summed E-state index contributed by atoms with van der Waals surface area (Å²) in [7, 11) is 3.26. The number of nitrogens with one attached hydrogen (secondary N) is 8. The number of H-pyrrole nitrogens is 1. The van der Waals surface area contributed by atoms with Crippen LogP contribution in [0.1, 0.15) is 80.7 Å². The lowest BCUT2D eigenvalue weighted by Gasteiger charge is -2.45. The number of aromatic amines is 1. The number of likely N-dealkylation sites (tertiary alicyclic amines) is 1. The summed E-state index contributed by atoms with van der Waals surface area (Å²) in [4.78, 5) is 157. The van der Waals surface area contributed by atoms with Crippen LogP contribution >= 0.6 is 23.5 Å². The highest BCUT2D eigenvalue weighted by Gasteiger charge is 2.46. The highest BCUT2D eigenvalue weighted by molar-refractivity contribution is 8.08. The number of piperidine rings is 2. The maximum Gasteiger partial charge on any atom is 0.328 e. The van der Waals surface area contributed by atoms with Gasteiger partial charge in [-0.25, -0.2) is 14.8 Å². The van der Waals surface area contributed by atoms with Crippen LogP contribution in [0.4, 0.5) is 16.4 Å². The second kappa shape index (κ2) is 37.3. The van der Waals surface area contributed by atoms with Gasteiger partial charge in [-0.2, -0.15) is 0 Å². The Bertz CT molecular complexity index is 5310. The van der Waals surface area contributed by atoms with Crippen molar-refractivity contribution in [3.63, 3.8) is 0 Å². The van der Waals surface area contributed by atoms with Crippen molar-refractivity contribution in [1.29, 1.82) is 0 Å². The highest BCUT2D eigenvalue weighted by atomic mass is 32.2. The van der Waals surface area contributed by atoms with E-state index in [2.05, 4.69) is 70.8 Å². The monoisotopic (exact) mass is 1620 g/mol. The van der Waals surface area contributed by atoms with Gasteiger partial charge < -0.3 is 65.5 Å². The zero-order chi connectivity index (χ0) is 81.6. The fraction of sp³-hybridized carbons (Fsp3) is 0.333. The molecule has 1 aliphatic carbocycles. The summed E-state index contributed by atoms with van der Waals surface area (Å²) in [5, 5.41) is 20.6. The van der Waals surface area contributed by atoms with Gasteiger partial charge in [-0.15, -0.1) is 0 Å². The predicted molar refractivity (Wildman–Crippen MR) is 444 cm³/mol. The first-order valence-electron chi connectivity index (χ1n) is 39.1. The molecular formula is C87H91N15O13S2. The Balaban J connectivity index is 0.608. The summed E-state index contributed by atoms with van der Waals surface area (Å²) in [5.41, 5.74) is 4.30. The van der Waals surface area contributed by atoms with Crippen molar-refractivity contribution in [2.24, 2.45) is 7.05 Å². The molecule has 14 rings (SSSR count). The van der Waals surface area contributed by atoms with E-state index in [0.29, 0.717) is 70.7 Å². The van der Waals surface area contributed by atoms with Crippen LogP contribution in [0.25, 0.3) is 32.9 Å². The number of benzene rings is 6. The molecule has 4 aliphatic heterocycles. The largest absolute Gasteiger partial charge is 0.495 e. The third-order valence-corrected chi connectivity index (χ3v) is 23.7. The third kappa shape index (κ3) is 19.9. The second-order valence-electron chi connectivity index (χ2n) is 29.6. The molecule has 0 spiro atoms. The number of thioether (sulfide) groups is 2. The molecule has 28 nitrogen and oxygen atoms in total. The summed E-state index contributed by atoms with van der Waals surface area (Å²) in [6.07, 6.45) is 8.47. The zero-order valence-corrected chi connectivity index (χ0v) is 66.7. The van der Waals surface area contributed by atoms with E-state index in [1.165, 1.54) is 28.4 Å². The van der Waals surface area contributed by atoms with Crippen molar-refractivity contribution in [2.45, 2.75) is 104 Å². The molecule has 0 unspecified atom stereocenters. The summed E-state index contributed by atoms with van der Waals surface area (Å²) < 4.78 is 21.0. The molecule has 6 aromatic carbocycles. The van der Waals surface area contributed by atoms with Gasteiger partial charge in [-0.05, 0) is 123 Å². The number of nitrogens with zero attached hydrogens (tertiary/aromatic N) is 7. The number of anilines is 2. The minimum absolute atomic E-state index is 0.0246.